The van der Waals surface area contributed by atoms with Gasteiger partial charge in [0.1, 0.15) is 6.07 Å². The van der Waals surface area contributed by atoms with E-state index in [0.29, 0.717) is 0 Å². The van der Waals surface area contributed by atoms with Crippen LogP contribution in [0.1, 0.15) is 11.1 Å². The SMILES string of the molecule is N#Cc1ccccc1NC(=O)Nc1ccc(Cl)c(C(F)(F)F)c1. The number of benzene rings is 2. The Hall–Kier alpha value is -2.72. The molecular formula is C15H9ClF3N3O. The minimum atomic E-state index is -4.63. The van der Waals surface area contributed by atoms with Crippen LogP contribution in [0.2, 0.25) is 5.02 Å². The Morgan fingerprint density at radius 2 is 1.83 bits per heavy atom. The van der Waals surface area contributed by atoms with Gasteiger partial charge in [-0.15, -0.1) is 0 Å². The van der Waals surface area contributed by atoms with E-state index in [2.05, 4.69) is 10.6 Å². The van der Waals surface area contributed by atoms with Crippen molar-refractivity contribution in [3.8, 4) is 6.07 Å². The highest BCUT2D eigenvalue weighted by Crippen LogP contribution is 2.36. The number of amides is 2. The van der Waals surface area contributed by atoms with Gasteiger partial charge in [-0.3, -0.25) is 0 Å². The number of nitriles is 1. The molecule has 0 aliphatic heterocycles. The number of rotatable bonds is 2. The Morgan fingerprint density at radius 1 is 1.13 bits per heavy atom. The Balaban J connectivity index is 2.17. The van der Waals surface area contributed by atoms with E-state index in [0.717, 1.165) is 12.1 Å². The minimum absolute atomic E-state index is 0.0753. The third-order valence-corrected chi connectivity index (χ3v) is 3.15. The summed E-state index contributed by atoms with van der Waals surface area (Å²) in [4.78, 5) is 11.9. The van der Waals surface area contributed by atoms with E-state index in [-0.39, 0.29) is 16.9 Å². The molecule has 0 aliphatic carbocycles. The maximum atomic E-state index is 12.8. The van der Waals surface area contributed by atoms with Crippen LogP contribution < -0.4 is 10.6 Å². The van der Waals surface area contributed by atoms with E-state index in [1.165, 1.54) is 18.2 Å². The van der Waals surface area contributed by atoms with E-state index in [1.807, 2.05) is 6.07 Å². The number of alkyl halides is 3. The van der Waals surface area contributed by atoms with Gasteiger partial charge in [0, 0.05) is 5.69 Å². The molecule has 0 saturated carbocycles. The molecule has 0 radical (unpaired) electrons. The summed E-state index contributed by atoms with van der Waals surface area (Å²) in [6.45, 7) is 0. The summed E-state index contributed by atoms with van der Waals surface area (Å²) >= 11 is 5.50. The molecule has 0 spiro atoms. The first kappa shape index (κ1) is 16.6. The third-order valence-electron chi connectivity index (χ3n) is 2.83. The molecule has 0 saturated heterocycles. The fraction of sp³-hybridized carbons (Fsp3) is 0.0667. The molecule has 0 unspecified atom stereocenters. The molecule has 23 heavy (non-hydrogen) atoms. The van der Waals surface area contributed by atoms with Crippen molar-refractivity contribution in [1.29, 1.82) is 5.26 Å². The number of halogens is 4. The number of anilines is 2. The number of nitrogens with one attached hydrogen (secondary N) is 2. The molecule has 0 aliphatic rings. The summed E-state index contributed by atoms with van der Waals surface area (Å²) < 4.78 is 38.3. The number of para-hydroxylation sites is 1. The minimum Gasteiger partial charge on any atom is -0.308 e. The van der Waals surface area contributed by atoms with Gasteiger partial charge < -0.3 is 10.6 Å². The average Bonchev–Trinajstić information content (AvgIpc) is 2.48. The third kappa shape index (κ3) is 4.14. The molecule has 0 bridgehead atoms. The summed E-state index contributed by atoms with van der Waals surface area (Å²) in [5, 5.41) is 13.1. The number of hydrogen-bond donors (Lipinski definition) is 2. The van der Waals surface area contributed by atoms with Crippen LogP contribution in [0.3, 0.4) is 0 Å². The van der Waals surface area contributed by atoms with E-state index < -0.39 is 22.8 Å². The quantitative estimate of drug-likeness (QED) is 0.819. The fourth-order valence-corrected chi connectivity index (χ4v) is 2.02. The highest BCUT2D eigenvalue weighted by molar-refractivity contribution is 6.31. The van der Waals surface area contributed by atoms with Crippen LogP contribution in [0.5, 0.6) is 0 Å². The fourth-order valence-electron chi connectivity index (χ4n) is 1.79. The van der Waals surface area contributed by atoms with E-state index in [4.69, 9.17) is 16.9 Å². The van der Waals surface area contributed by atoms with Gasteiger partial charge in [0.15, 0.2) is 0 Å². The lowest BCUT2D eigenvalue weighted by Crippen LogP contribution is -2.20. The van der Waals surface area contributed by atoms with E-state index in [1.54, 1.807) is 12.1 Å². The van der Waals surface area contributed by atoms with E-state index >= 15 is 0 Å². The molecule has 8 heteroatoms. The average molecular weight is 340 g/mol. The maximum Gasteiger partial charge on any atom is 0.417 e. The summed E-state index contributed by atoms with van der Waals surface area (Å²) in [5.74, 6) is 0. The first-order chi connectivity index (χ1) is 10.8. The second-order valence-corrected chi connectivity index (χ2v) is 4.84. The Bertz CT molecular complexity index is 784. The lowest BCUT2D eigenvalue weighted by atomic mass is 10.2. The van der Waals surface area contributed by atoms with Crippen molar-refractivity contribution in [2.24, 2.45) is 0 Å². The number of hydrogen-bond acceptors (Lipinski definition) is 2. The summed E-state index contributed by atoms with van der Waals surface area (Å²) in [6.07, 6.45) is -4.63. The van der Waals surface area contributed by atoms with Gasteiger partial charge in [-0.1, -0.05) is 23.7 Å². The molecule has 2 rings (SSSR count). The van der Waals surface area contributed by atoms with Crippen molar-refractivity contribution in [3.63, 3.8) is 0 Å². The second kappa shape index (κ2) is 6.58. The molecule has 2 aromatic carbocycles. The van der Waals surface area contributed by atoms with Gasteiger partial charge in [-0.25, -0.2) is 4.79 Å². The van der Waals surface area contributed by atoms with Crippen molar-refractivity contribution in [2.75, 3.05) is 10.6 Å². The van der Waals surface area contributed by atoms with Crippen molar-refractivity contribution < 1.29 is 18.0 Å². The first-order valence-corrected chi connectivity index (χ1v) is 6.63. The summed E-state index contributed by atoms with van der Waals surface area (Å²) in [5.41, 5.74) is -0.643. The number of urea groups is 1. The normalized spacial score (nSPS) is 10.7. The Labute approximate surface area is 134 Å². The van der Waals surface area contributed by atoms with Crippen LogP contribution in [-0.4, -0.2) is 6.03 Å². The smallest absolute Gasteiger partial charge is 0.308 e. The Morgan fingerprint density at radius 3 is 2.48 bits per heavy atom. The zero-order valence-electron chi connectivity index (χ0n) is 11.4. The molecule has 2 amide bonds. The second-order valence-electron chi connectivity index (χ2n) is 4.43. The van der Waals surface area contributed by atoms with Gasteiger partial charge >= 0.3 is 12.2 Å². The van der Waals surface area contributed by atoms with Crippen LogP contribution in [-0.2, 0) is 6.18 Å². The van der Waals surface area contributed by atoms with E-state index in [9.17, 15) is 18.0 Å². The van der Waals surface area contributed by atoms with Crippen LogP contribution in [0.25, 0.3) is 0 Å². The molecule has 0 heterocycles. The molecule has 2 N–H and O–H groups in total. The molecular weight excluding hydrogens is 331 g/mol. The predicted molar refractivity (Wildman–Crippen MR) is 80.3 cm³/mol. The molecule has 0 atom stereocenters. The zero-order valence-corrected chi connectivity index (χ0v) is 12.2. The monoisotopic (exact) mass is 339 g/mol. The standard InChI is InChI=1S/C15H9ClF3N3O/c16-12-6-5-10(7-11(12)15(17,18)19)21-14(23)22-13-4-2-1-3-9(13)8-20/h1-7H,(H2,21,22,23). The lowest BCUT2D eigenvalue weighted by Gasteiger charge is -2.12. The van der Waals surface area contributed by atoms with Gasteiger partial charge in [0.05, 0.1) is 21.8 Å². The zero-order chi connectivity index (χ0) is 17.0. The topological polar surface area (TPSA) is 64.9 Å². The Kier molecular flexibility index (Phi) is 4.77. The van der Waals surface area contributed by atoms with Crippen LogP contribution >= 0.6 is 11.6 Å². The van der Waals surface area contributed by atoms with Gasteiger partial charge in [-0.2, -0.15) is 18.4 Å². The van der Waals surface area contributed by atoms with Crippen molar-refractivity contribution in [1.82, 2.24) is 0 Å². The first-order valence-electron chi connectivity index (χ1n) is 6.25. The van der Waals surface area contributed by atoms with Gasteiger partial charge in [0.25, 0.3) is 0 Å². The van der Waals surface area contributed by atoms with Crippen LogP contribution in [0.4, 0.5) is 29.3 Å². The summed E-state index contributed by atoms with van der Waals surface area (Å²) in [7, 11) is 0. The molecule has 0 aromatic heterocycles. The molecule has 0 fully saturated rings. The van der Waals surface area contributed by atoms with Gasteiger partial charge in [0.2, 0.25) is 0 Å². The van der Waals surface area contributed by atoms with Crippen LogP contribution in [0, 0.1) is 11.3 Å². The lowest BCUT2D eigenvalue weighted by molar-refractivity contribution is -0.137. The van der Waals surface area contributed by atoms with Crippen molar-refractivity contribution in [2.45, 2.75) is 6.18 Å². The highest BCUT2D eigenvalue weighted by Gasteiger charge is 2.33. The molecule has 2 aromatic rings. The highest BCUT2D eigenvalue weighted by atomic mass is 35.5. The van der Waals surface area contributed by atoms with Crippen LogP contribution in [0.15, 0.2) is 42.5 Å². The summed E-state index contributed by atoms with van der Waals surface area (Å²) in [6, 6.07) is 10.4. The number of carbonyl (C=O) groups excluding carboxylic acids is 1. The number of nitrogens with zero attached hydrogens (tertiary/aromatic N) is 1. The largest absolute Gasteiger partial charge is 0.417 e. The van der Waals surface area contributed by atoms with Gasteiger partial charge in [-0.05, 0) is 30.3 Å². The van der Waals surface area contributed by atoms with Crippen molar-refractivity contribution in [3.05, 3.63) is 58.6 Å². The maximum absolute atomic E-state index is 12.8. The number of carbonyl (C=O) groups is 1. The molecule has 4 nitrogen and oxygen atoms in total. The predicted octanol–water partition coefficient (Wildman–Crippen LogP) is 4.87. The molecule has 118 valence electrons. The van der Waals surface area contributed by atoms with Crippen molar-refractivity contribution >= 4 is 29.0 Å².